The topological polar surface area (TPSA) is 72.1 Å². The minimum atomic E-state index is -0.392. The number of ether oxygens (including phenoxy) is 3. The molecule has 0 radical (unpaired) electrons. The van der Waals surface area contributed by atoms with Crippen molar-refractivity contribution in [3.05, 3.63) is 47.0 Å². The lowest BCUT2D eigenvalue weighted by Gasteiger charge is -2.30. The third-order valence-electron chi connectivity index (χ3n) is 4.44. The van der Waals surface area contributed by atoms with Crippen molar-refractivity contribution >= 4 is 46.2 Å². The lowest BCUT2D eigenvalue weighted by molar-refractivity contribution is 0.0974. The smallest absolute Gasteiger partial charge is 0.261 e. The zero-order chi connectivity index (χ0) is 20.8. The van der Waals surface area contributed by atoms with Crippen molar-refractivity contribution in [2.24, 2.45) is 0 Å². The van der Waals surface area contributed by atoms with Gasteiger partial charge in [0.1, 0.15) is 11.5 Å². The van der Waals surface area contributed by atoms with Crippen molar-refractivity contribution in [1.29, 1.82) is 0 Å². The molecule has 0 unspecified atom stereocenters. The van der Waals surface area contributed by atoms with Crippen LogP contribution >= 0.6 is 23.8 Å². The summed E-state index contributed by atoms with van der Waals surface area (Å²) in [5.41, 5.74) is 2.00. The molecule has 29 heavy (non-hydrogen) atoms. The summed E-state index contributed by atoms with van der Waals surface area (Å²) in [6, 6.07) is 10.5. The van der Waals surface area contributed by atoms with Crippen LogP contribution in [-0.2, 0) is 4.74 Å². The number of benzene rings is 2. The summed E-state index contributed by atoms with van der Waals surface area (Å²) >= 11 is 11.5. The van der Waals surface area contributed by atoms with E-state index >= 15 is 0 Å². The normalized spacial score (nSPS) is 13.6. The van der Waals surface area contributed by atoms with Crippen molar-refractivity contribution in [3.8, 4) is 11.5 Å². The molecule has 9 heteroatoms. The monoisotopic (exact) mass is 435 g/mol. The number of carbonyl (C=O) groups is 1. The standard InChI is InChI=1S/C20H22ClN3O4S/c1-26-14-4-5-15(18(12-14)27-2)19(25)23-20(29)22-16-11-13(21)3-6-17(16)24-7-9-28-10-8-24/h3-6,11-12H,7-10H2,1-2H3,(H2,22,23,25,29). The van der Waals surface area contributed by atoms with Gasteiger partial charge in [0.15, 0.2) is 5.11 Å². The first kappa shape index (κ1) is 21.2. The molecule has 1 amide bonds. The van der Waals surface area contributed by atoms with Crippen LogP contribution in [0.2, 0.25) is 5.02 Å². The van der Waals surface area contributed by atoms with Crippen molar-refractivity contribution in [3.63, 3.8) is 0 Å². The highest BCUT2D eigenvalue weighted by Crippen LogP contribution is 2.30. The summed E-state index contributed by atoms with van der Waals surface area (Å²) < 4.78 is 15.9. The Balaban J connectivity index is 1.74. The number of halogens is 1. The minimum absolute atomic E-state index is 0.157. The second kappa shape index (κ2) is 9.78. The van der Waals surface area contributed by atoms with E-state index in [1.165, 1.54) is 7.11 Å². The summed E-state index contributed by atoms with van der Waals surface area (Å²) in [6.07, 6.45) is 0. The van der Waals surface area contributed by atoms with Crippen LogP contribution in [0.3, 0.4) is 0 Å². The molecule has 1 saturated heterocycles. The molecule has 1 aliphatic rings. The van der Waals surface area contributed by atoms with E-state index in [0.717, 1.165) is 18.8 Å². The van der Waals surface area contributed by atoms with Gasteiger partial charge in [0, 0.05) is 24.2 Å². The molecule has 0 aliphatic carbocycles. The van der Waals surface area contributed by atoms with Gasteiger partial charge in [0.05, 0.1) is 44.4 Å². The Hall–Kier alpha value is -2.55. The molecule has 7 nitrogen and oxygen atoms in total. The van der Waals surface area contributed by atoms with Gasteiger partial charge in [-0.25, -0.2) is 0 Å². The molecule has 0 atom stereocenters. The molecule has 1 fully saturated rings. The van der Waals surface area contributed by atoms with Crippen LogP contribution in [0.4, 0.5) is 11.4 Å². The largest absolute Gasteiger partial charge is 0.497 e. The van der Waals surface area contributed by atoms with Crippen molar-refractivity contribution in [1.82, 2.24) is 5.32 Å². The van der Waals surface area contributed by atoms with Crippen molar-refractivity contribution in [2.45, 2.75) is 0 Å². The van der Waals surface area contributed by atoms with Gasteiger partial charge in [0.25, 0.3) is 5.91 Å². The maximum Gasteiger partial charge on any atom is 0.261 e. The highest BCUT2D eigenvalue weighted by molar-refractivity contribution is 7.80. The van der Waals surface area contributed by atoms with Gasteiger partial charge in [-0.1, -0.05) is 11.6 Å². The first-order valence-electron chi connectivity index (χ1n) is 8.98. The number of rotatable bonds is 5. The van der Waals surface area contributed by atoms with Crippen LogP contribution in [0.1, 0.15) is 10.4 Å². The number of carbonyl (C=O) groups excluding carboxylic acids is 1. The number of hydrogen-bond acceptors (Lipinski definition) is 6. The molecule has 0 spiro atoms. The summed E-state index contributed by atoms with van der Waals surface area (Å²) in [4.78, 5) is 14.8. The maximum absolute atomic E-state index is 12.7. The summed E-state index contributed by atoms with van der Waals surface area (Å²) in [7, 11) is 3.04. The molecule has 1 aliphatic heterocycles. The van der Waals surface area contributed by atoms with Gasteiger partial charge in [-0.15, -0.1) is 0 Å². The molecular weight excluding hydrogens is 414 g/mol. The maximum atomic E-state index is 12.7. The summed E-state index contributed by atoms with van der Waals surface area (Å²) in [6.45, 7) is 2.83. The zero-order valence-electron chi connectivity index (χ0n) is 16.2. The number of anilines is 2. The number of hydrogen-bond donors (Lipinski definition) is 2. The fraction of sp³-hybridized carbons (Fsp3) is 0.300. The summed E-state index contributed by atoms with van der Waals surface area (Å²) in [5.74, 6) is 0.589. The van der Waals surface area contributed by atoms with Crippen LogP contribution in [0.25, 0.3) is 0 Å². The second-order valence-electron chi connectivity index (χ2n) is 6.24. The SMILES string of the molecule is COc1ccc(C(=O)NC(=S)Nc2cc(Cl)ccc2N2CCOCC2)c(OC)c1. The van der Waals surface area contributed by atoms with Gasteiger partial charge in [-0.2, -0.15) is 0 Å². The molecule has 2 aromatic carbocycles. The van der Waals surface area contributed by atoms with E-state index in [1.807, 2.05) is 12.1 Å². The van der Waals surface area contributed by atoms with Crippen LogP contribution < -0.4 is 25.0 Å². The van der Waals surface area contributed by atoms with E-state index in [4.69, 9.17) is 38.0 Å². The van der Waals surface area contributed by atoms with E-state index < -0.39 is 5.91 Å². The van der Waals surface area contributed by atoms with Crippen LogP contribution in [0, 0.1) is 0 Å². The molecule has 2 N–H and O–H groups in total. The van der Waals surface area contributed by atoms with Crippen molar-refractivity contribution in [2.75, 3.05) is 50.7 Å². The average Bonchev–Trinajstić information content (AvgIpc) is 2.73. The lowest BCUT2D eigenvalue weighted by Crippen LogP contribution is -2.38. The first-order valence-corrected chi connectivity index (χ1v) is 9.77. The molecular formula is C20H22ClN3O4S. The zero-order valence-corrected chi connectivity index (χ0v) is 17.7. The quantitative estimate of drug-likeness (QED) is 0.698. The fourth-order valence-electron chi connectivity index (χ4n) is 3.00. The Bertz CT molecular complexity index is 903. The molecule has 2 aromatic rings. The number of methoxy groups -OCH3 is 2. The van der Waals surface area contributed by atoms with E-state index in [9.17, 15) is 4.79 Å². The van der Waals surface area contributed by atoms with E-state index in [-0.39, 0.29) is 5.11 Å². The average molecular weight is 436 g/mol. The lowest BCUT2D eigenvalue weighted by atomic mass is 10.2. The van der Waals surface area contributed by atoms with Gasteiger partial charge < -0.3 is 24.4 Å². The predicted octanol–water partition coefficient (Wildman–Crippen LogP) is 3.32. The third-order valence-corrected chi connectivity index (χ3v) is 4.88. The second-order valence-corrected chi connectivity index (χ2v) is 7.08. The number of thiocarbonyl (C=S) groups is 1. The Morgan fingerprint density at radius 2 is 1.90 bits per heavy atom. The fourth-order valence-corrected chi connectivity index (χ4v) is 3.37. The molecule has 0 bridgehead atoms. The van der Waals surface area contributed by atoms with Gasteiger partial charge >= 0.3 is 0 Å². The highest BCUT2D eigenvalue weighted by Gasteiger charge is 2.18. The van der Waals surface area contributed by atoms with E-state index in [0.29, 0.717) is 41.0 Å². The molecule has 0 aromatic heterocycles. The van der Waals surface area contributed by atoms with Gasteiger partial charge in [-0.3, -0.25) is 10.1 Å². The molecule has 154 valence electrons. The highest BCUT2D eigenvalue weighted by atomic mass is 35.5. The Morgan fingerprint density at radius 1 is 1.14 bits per heavy atom. The third kappa shape index (κ3) is 5.29. The van der Waals surface area contributed by atoms with Crippen LogP contribution in [-0.4, -0.2) is 51.5 Å². The first-order chi connectivity index (χ1) is 14.0. The summed E-state index contributed by atoms with van der Waals surface area (Å²) in [5, 5.41) is 6.48. The van der Waals surface area contributed by atoms with Gasteiger partial charge in [-0.05, 0) is 42.5 Å². The Kier molecular flexibility index (Phi) is 7.13. The molecule has 3 rings (SSSR count). The predicted molar refractivity (Wildman–Crippen MR) is 118 cm³/mol. The number of nitrogens with one attached hydrogen (secondary N) is 2. The molecule has 0 saturated carbocycles. The van der Waals surface area contributed by atoms with Gasteiger partial charge in [0.2, 0.25) is 0 Å². The van der Waals surface area contributed by atoms with Crippen LogP contribution in [0.15, 0.2) is 36.4 Å². The van der Waals surface area contributed by atoms with Crippen LogP contribution in [0.5, 0.6) is 11.5 Å². The van der Waals surface area contributed by atoms with E-state index in [1.54, 1.807) is 31.4 Å². The number of morpholine rings is 1. The Labute approximate surface area is 179 Å². The Morgan fingerprint density at radius 3 is 2.59 bits per heavy atom. The van der Waals surface area contributed by atoms with Crippen molar-refractivity contribution < 1.29 is 19.0 Å². The number of amides is 1. The number of nitrogens with zero attached hydrogens (tertiary/aromatic N) is 1. The molecule has 1 heterocycles. The minimum Gasteiger partial charge on any atom is -0.497 e. The van der Waals surface area contributed by atoms with E-state index in [2.05, 4.69) is 15.5 Å².